The molecular formula is C24H30N4O4S. The van der Waals surface area contributed by atoms with Gasteiger partial charge >= 0.3 is 0 Å². The fraction of sp³-hybridized carbons (Fsp3) is 0.375. The minimum Gasteiger partial charge on any atom is -0.383 e. The molecule has 1 aromatic carbocycles. The van der Waals surface area contributed by atoms with Crippen molar-refractivity contribution in [3.63, 3.8) is 0 Å². The summed E-state index contributed by atoms with van der Waals surface area (Å²) in [6, 6.07) is 10.5. The first kappa shape index (κ1) is 24.4. The third kappa shape index (κ3) is 5.42. The lowest BCUT2D eigenvalue weighted by atomic mass is 9.93. The molecule has 3 rings (SSSR count). The van der Waals surface area contributed by atoms with Crippen molar-refractivity contribution in [3.05, 3.63) is 53.9 Å². The van der Waals surface area contributed by atoms with Crippen LogP contribution in [0.15, 0.2) is 52.0 Å². The zero-order valence-electron chi connectivity index (χ0n) is 19.8. The molecule has 0 saturated carbocycles. The van der Waals surface area contributed by atoms with Crippen LogP contribution in [0.1, 0.15) is 52.9 Å². The Kier molecular flexibility index (Phi) is 6.39. The molecule has 0 aliphatic rings. The number of nitrogen functional groups attached to an aromatic ring is 1. The first-order chi connectivity index (χ1) is 15.2. The van der Waals surface area contributed by atoms with Crippen molar-refractivity contribution in [1.82, 2.24) is 10.1 Å². The molecule has 0 radical (unpaired) electrons. The molecule has 0 aliphatic carbocycles. The second kappa shape index (κ2) is 8.62. The van der Waals surface area contributed by atoms with Crippen LogP contribution in [-0.4, -0.2) is 29.2 Å². The average molecular weight is 471 g/mol. The predicted molar refractivity (Wildman–Crippen MR) is 129 cm³/mol. The van der Waals surface area contributed by atoms with Gasteiger partial charge in [0.15, 0.2) is 15.7 Å². The summed E-state index contributed by atoms with van der Waals surface area (Å²) < 4.78 is 30.0. The maximum absolute atomic E-state index is 12.9. The van der Waals surface area contributed by atoms with Gasteiger partial charge in [0.2, 0.25) is 5.91 Å². The summed E-state index contributed by atoms with van der Waals surface area (Å²) in [6.07, 6.45) is 1.69. The van der Waals surface area contributed by atoms with Gasteiger partial charge in [-0.05, 0) is 38.0 Å². The fourth-order valence-electron chi connectivity index (χ4n) is 3.03. The second-order valence-electron chi connectivity index (χ2n) is 9.97. The highest BCUT2D eigenvalue weighted by Crippen LogP contribution is 2.31. The van der Waals surface area contributed by atoms with Crippen LogP contribution in [-0.2, 0) is 26.5 Å². The van der Waals surface area contributed by atoms with E-state index in [2.05, 4.69) is 15.5 Å². The summed E-state index contributed by atoms with van der Waals surface area (Å²) >= 11 is 0. The summed E-state index contributed by atoms with van der Waals surface area (Å²) in [7, 11) is -3.65. The number of amides is 1. The van der Waals surface area contributed by atoms with Crippen LogP contribution in [0.5, 0.6) is 0 Å². The van der Waals surface area contributed by atoms with E-state index < -0.39 is 14.6 Å². The van der Waals surface area contributed by atoms with Gasteiger partial charge in [-0.25, -0.2) is 13.4 Å². The van der Waals surface area contributed by atoms with E-state index >= 15 is 0 Å². The summed E-state index contributed by atoms with van der Waals surface area (Å²) in [5, 5.41) is 6.64. The smallest absolute Gasteiger partial charge is 0.230 e. The minimum absolute atomic E-state index is 0.0122. The van der Waals surface area contributed by atoms with Gasteiger partial charge in [-0.3, -0.25) is 4.79 Å². The van der Waals surface area contributed by atoms with Crippen molar-refractivity contribution in [2.75, 3.05) is 11.1 Å². The molecule has 0 aliphatic heterocycles. The molecule has 3 N–H and O–H groups in total. The monoisotopic (exact) mass is 470 g/mol. The second-order valence-corrected chi connectivity index (χ2v) is 12.6. The molecule has 0 spiro atoms. The van der Waals surface area contributed by atoms with E-state index in [0.717, 1.165) is 11.1 Å². The number of nitrogens with one attached hydrogen (secondary N) is 1. The third-order valence-corrected chi connectivity index (χ3v) is 7.66. The highest BCUT2D eigenvalue weighted by molar-refractivity contribution is 7.93. The number of nitrogens with two attached hydrogens (primary N) is 1. The van der Waals surface area contributed by atoms with Crippen LogP contribution >= 0.6 is 0 Å². The molecule has 33 heavy (non-hydrogen) atoms. The lowest BCUT2D eigenvalue weighted by Gasteiger charge is -2.20. The predicted octanol–water partition coefficient (Wildman–Crippen LogP) is 4.37. The Morgan fingerprint density at radius 1 is 1.03 bits per heavy atom. The number of hydrogen-bond acceptors (Lipinski definition) is 7. The Hall–Kier alpha value is -3.20. The number of carbonyl (C=O) groups excluding carboxylic acids is 1. The number of carbonyl (C=O) groups is 1. The molecule has 0 bridgehead atoms. The van der Waals surface area contributed by atoms with Crippen molar-refractivity contribution in [2.45, 2.75) is 63.0 Å². The van der Waals surface area contributed by atoms with Gasteiger partial charge in [0.25, 0.3) is 0 Å². The van der Waals surface area contributed by atoms with Crippen molar-refractivity contribution in [1.29, 1.82) is 0 Å². The minimum atomic E-state index is -3.65. The van der Waals surface area contributed by atoms with Gasteiger partial charge in [-0.15, -0.1) is 0 Å². The molecular weight excluding hydrogens is 440 g/mol. The Morgan fingerprint density at radius 3 is 2.21 bits per heavy atom. The van der Waals surface area contributed by atoms with Crippen LogP contribution in [0.3, 0.4) is 0 Å². The number of benzene rings is 1. The normalized spacial score (nSPS) is 12.5. The third-order valence-electron chi connectivity index (χ3n) is 5.15. The molecule has 1 amide bonds. The van der Waals surface area contributed by atoms with Crippen LogP contribution in [0.4, 0.5) is 11.6 Å². The molecule has 3 aromatic rings. The topological polar surface area (TPSA) is 128 Å². The number of sulfone groups is 1. The molecule has 2 heterocycles. The van der Waals surface area contributed by atoms with Crippen molar-refractivity contribution < 1.29 is 17.7 Å². The number of hydrogen-bond donors (Lipinski definition) is 2. The van der Waals surface area contributed by atoms with Crippen molar-refractivity contribution >= 4 is 27.4 Å². The largest absolute Gasteiger partial charge is 0.383 e. The molecule has 2 aromatic heterocycles. The van der Waals surface area contributed by atoms with Gasteiger partial charge in [0.05, 0.1) is 11.2 Å². The summed E-state index contributed by atoms with van der Waals surface area (Å²) in [4.78, 5) is 16.5. The maximum atomic E-state index is 12.9. The quantitative estimate of drug-likeness (QED) is 0.566. The maximum Gasteiger partial charge on any atom is 0.230 e. The van der Waals surface area contributed by atoms with E-state index in [4.69, 9.17) is 10.3 Å². The van der Waals surface area contributed by atoms with Gasteiger partial charge in [0, 0.05) is 23.2 Å². The van der Waals surface area contributed by atoms with E-state index in [0.29, 0.717) is 17.1 Å². The highest BCUT2D eigenvalue weighted by atomic mass is 32.2. The first-order valence-electron chi connectivity index (χ1n) is 10.5. The summed E-state index contributed by atoms with van der Waals surface area (Å²) in [5.74, 6) is 0.822. The van der Waals surface area contributed by atoms with Gasteiger partial charge in [-0.2, -0.15) is 0 Å². The Balaban J connectivity index is 1.75. The number of nitrogens with zero attached hydrogens (tertiary/aromatic N) is 2. The molecule has 0 unspecified atom stereocenters. The molecule has 9 heteroatoms. The van der Waals surface area contributed by atoms with Gasteiger partial charge in [-0.1, -0.05) is 50.2 Å². The number of rotatable bonds is 5. The highest BCUT2D eigenvalue weighted by Gasteiger charge is 2.33. The Morgan fingerprint density at radius 2 is 1.67 bits per heavy atom. The van der Waals surface area contributed by atoms with E-state index in [1.165, 1.54) is 6.20 Å². The first-order valence-corrected chi connectivity index (χ1v) is 12.0. The average Bonchev–Trinajstić information content (AvgIpc) is 3.17. The molecule has 0 saturated heterocycles. The van der Waals surface area contributed by atoms with E-state index in [-0.39, 0.29) is 28.5 Å². The molecule has 0 fully saturated rings. The molecule has 0 atom stereocenters. The molecule has 176 valence electrons. The lowest BCUT2D eigenvalue weighted by molar-refractivity contribution is -0.115. The zero-order valence-corrected chi connectivity index (χ0v) is 20.6. The summed E-state index contributed by atoms with van der Waals surface area (Å²) in [5.41, 5.74) is 7.86. The lowest BCUT2D eigenvalue weighted by Crippen LogP contribution is -2.28. The van der Waals surface area contributed by atoms with Crippen LogP contribution in [0.25, 0.3) is 11.1 Å². The number of aromatic nitrogens is 2. The van der Waals surface area contributed by atoms with Crippen LogP contribution in [0, 0.1) is 0 Å². The standard InChI is InChI=1S/C24H30N4O4S/c1-23(2,3)19-13-20(28-32-19)27-21(29)11-15-7-9-16(10-8-15)17-12-18(22(25)26-14-17)33(30,31)24(4,5)6/h7-10,12-14H,11H2,1-6H3,(H2,25,26)(H,27,28,29). The van der Waals surface area contributed by atoms with Crippen LogP contribution < -0.4 is 11.1 Å². The van der Waals surface area contributed by atoms with Gasteiger partial charge in [0.1, 0.15) is 16.5 Å². The van der Waals surface area contributed by atoms with Crippen molar-refractivity contribution in [2.24, 2.45) is 0 Å². The van der Waals surface area contributed by atoms with E-state index in [1.54, 1.807) is 32.9 Å². The Bertz CT molecular complexity index is 1270. The Labute approximate surface area is 194 Å². The fourth-order valence-corrected chi connectivity index (χ4v) is 4.30. The van der Waals surface area contributed by atoms with E-state index in [1.807, 2.05) is 45.0 Å². The van der Waals surface area contributed by atoms with E-state index in [9.17, 15) is 13.2 Å². The van der Waals surface area contributed by atoms with Crippen LogP contribution in [0.2, 0.25) is 0 Å². The zero-order chi connectivity index (χ0) is 24.6. The molecule has 8 nitrogen and oxygen atoms in total. The number of anilines is 2. The SMILES string of the molecule is CC(C)(C)c1cc(NC(=O)Cc2ccc(-c3cnc(N)c(S(=O)(=O)C(C)(C)C)c3)cc2)no1. The van der Waals surface area contributed by atoms with Gasteiger partial charge < -0.3 is 15.6 Å². The van der Waals surface area contributed by atoms with Crippen molar-refractivity contribution in [3.8, 4) is 11.1 Å². The summed E-state index contributed by atoms with van der Waals surface area (Å²) in [6.45, 7) is 10.9. The number of pyridine rings is 1.